The summed E-state index contributed by atoms with van der Waals surface area (Å²) in [4.78, 5) is 27.0. The maximum Gasteiger partial charge on any atom is 0.261 e. The minimum Gasteiger partial charge on any atom is -0.484 e. The first kappa shape index (κ1) is 22.4. The lowest BCUT2D eigenvalue weighted by Gasteiger charge is -2.29. The summed E-state index contributed by atoms with van der Waals surface area (Å²) in [5, 5.41) is 2.93. The summed E-state index contributed by atoms with van der Waals surface area (Å²) in [5.41, 5.74) is 1.08. The smallest absolute Gasteiger partial charge is 0.261 e. The minimum absolute atomic E-state index is 0.0338. The van der Waals surface area contributed by atoms with Crippen molar-refractivity contribution in [2.45, 2.75) is 45.7 Å². The monoisotopic (exact) mass is 400 g/mol. The molecule has 2 atom stereocenters. The van der Waals surface area contributed by atoms with E-state index < -0.39 is 6.04 Å². The highest BCUT2D eigenvalue weighted by Gasteiger charge is 2.26. The van der Waals surface area contributed by atoms with Crippen molar-refractivity contribution >= 4 is 11.8 Å². The number of nitrogens with zero attached hydrogens (tertiary/aromatic N) is 1. The Hall–Kier alpha value is -2.89. The molecule has 5 nitrogen and oxygen atoms in total. The molecule has 0 heterocycles. The van der Waals surface area contributed by atoms with Crippen molar-refractivity contribution in [3.8, 4) is 5.75 Å². The molecule has 0 saturated carbocycles. The lowest BCUT2D eigenvalue weighted by Crippen LogP contribution is -2.51. The number of amides is 2. The molecule has 156 valence electrons. The Bertz CT molecular complexity index is 780. The first-order chi connectivity index (χ1) is 13.9. The fourth-order valence-corrected chi connectivity index (χ4v) is 2.79. The molecule has 0 aliphatic rings. The highest BCUT2D eigenvalue weighted by atomic mass is 19.1. The fourth-order valence-electron chi connectivity index (χ4n) is 2.79. The molecule has 0 fully saturated rings. The lowest BCUT2D eigenvalue weighted by atomic mass is 10.1. The number of nitrogens with one attached hydrogen (secondary N) is 1. The van der Waals surface area contributed by atoms with Gasteiger partial charge < -0.3 is 15.0 Å². The van der Waals surface area contributed by atoms with Crippen LogP contribution < -0.4 is 10.1 Å². The number of rotatable bonds is 10. The molecule has 0 aliphatic carbocycles. The molecule has 0 spiro atoms. The summed E-state index contributed by atoms with van der Waals surface area (Å²) in [5.74, 6) is -0.456. The SMILES string of the molecule is CC[C@@H](C)NC(=O)[C@@H](C)N(CCc1ccccc1)C(=O)COc1ccc(F)cc1. The molecular formula is C23H29FN2O3. The Morgan fingerprint density at radius 1 is 1.07 bits per heavy atom. The summed E-state index contributed by atoms with van der Waals surface area (Å²) < 4.78 is 18.5. The van der Waals surface area contributed by atoms with Gasteiger partial charge in [0.25, 0.3) is 5.91 Å². The van der Waals surface area contributed by atoms with Crippen LogP contribution in [0.5, 0.6) is 5.75 Å². The van der Waals surface area contributed by atoms with E-state index in [1.807, 2.05) is 44.2 Å². The molecule has 1 N–H and O–H groups in total. The molecule has 0 aliphatic heterocycles. The van der Waals surface area contributed by atoms with Crippen molar-refractivity contribution < 1.29 is 18.7 Å². The zero-order chi connectivity index (χ0) is 21.2. The van der Waals surface area contributed by atoms with Crippen LogP contribution in [0.15, 0.2) is 54.6 Å². The summed E-state index contributed by atoms with van der Waals surface area (Å²) in [6.45, 7) is 5.81. The Labute approximate surface area is 171 Å². The normalized spacial score (nSPS) is 12.7. The van der Waals surface area contributed by atoms with Gasteiger partial charge in [0.1, 0.15) is 17.6 Å². The number of benzene rings is 2. The third-order valence-corrected chi connectivity index (χ3v) is 4.83. The Kier molecular flexibility index (Phi) is 8.65. The van der Waals surface area contributed by atoms with E-state index >= 15 is 0 Å². The standard InChI is InChI=1S/C23H29FN2O3/c1-4-17(2)25-23(28)18(3)26(15-14-19-8-6-5-7-9-19)22(27)16-29-21-12-10-20(24)11-13-21/h5-13,17-18H,4,14-16H2,1-3H3,(H,25,28)/t17-,18-/m1/s1. The zero-order valence-corrected chi connectivity index (χ0v) is 17.2. The van der Waals surface area contributed by atoms with Crippen LogP contribution in [0.1, 0.15) is 32.8 Å². The third-order valence-electron chi connectivity index (χ3n) is 4.83. The second kappa shape index (κ2) is 11.2. The fraction of sp³-hybridized carbons (Fsp3) is 0.391. The van der Waals surface area contributed by atoms with Crippen LogP contribution in [-0.4, -0.2) is 41.9 Å². The predicted octanol–water partition coefficient (Wildman–Crippen LogP) is 3.58. The molecule has 29 heavy (non-hydrogen) atoms. The molecule has 0 aromatic heterocycles. The van der Waals surface area contributed by atoms with Crippen LogP contribution >= 0.6 is 0 Å². The first-order valence-electron chi connectivity index (χ1n) is 9.92. The number of hydrogen-bond donors (Lipinski definition) is 1. The summed E-state index contributed by atoms with van der Waals surface area (Å²) in [6.07, 6.45) is 1.44. The maximum absolute atomic E-state index is 13.0. The Morgan fingerprint density at radius 2 is 1.72 bits per heavy atom. The van der Waals surface area contributed by atoms with Gasteiger partial charge in [-0.25, -0.2) is 4.39 Å². The number of ether oxygens (including phenoxy) is 1. The topological polar surface area (TPSA) is 58.6 Å². The van der Waals surface area contributed by atoms with E-state index in [4.69, 9.17) is 4.74 Å². The first-order valence-corrected chi connectivity index (χ1v) is 9.92. The summed E-state index contributed by atoms with van der Waals surface area (Å²) in [7, 11) is 0. The van der Waals surface area contributed by atoms with E-state index in [-0.39, 0.29) is 30.3 Å². The van der Waals surface area contributed by atoms with Crippen molar-refractivity contribution in [3.63, 3.8) is 0 Å². The average molecular weight is 400 g/mol. The molecule has 0 bridgehead atoms. The number of hydrogen-bond acceptors (Lipinski definition) is 3. The maximum atomic E-state index is 13.0. The van der Waals surface area contributed by atoms with Crippen LogP contribution in [0.3, 0.4) is 0 Å². The largest absolute Gasteiger partial charge is 0.484 e. The third kappa shape index (κ3) is 7.22. The molecule has 2 amide bonds. The molecule has 0 unspecified atom stereocenters. The highest BCUT2D eigenvalue weighted by molar-refractivity contribution is 5.88. The van der Waals surface area contributed by atoms with Gasteiger partial charge in [0, 0.05) is 12.6 Å². The second-order valence-corrected chi connectivity index (χ2v) is 7.06. The van der Waals surface area contributed by atoms with Gasteiger partial charge in [-0.15, -0.1) is 0 Å². The number of carbonyl (C=O) groups is 2. The Balaban J connectivity index is 2.05. The molecule has 2 aromatic carbocycles. The molecule has 0 saturated heterocycles. The van der Waals surface area contributed by atoms with Crippen LogP contribution in [0.25, 0.3) is 0 Å². The van der Waals surface area contributed by atoms with E-state index in [0.717, 1.165) is 12.0 Å². The Morgan fingerprint density at radius 3 is 2.34 bits per heavy atom. The predicted molar refractivity (Wildman–Crippen MR) is 111 cm³/mol. The molecule has 2 rings (SSSR count). The second-order valence-electron chi connectivity index (χ2n) is 7.06. The van der Waals surface area contributed by atoms with E-state index in [9.17, 15) is 14.0 Å². The zero-order valence-electron chi connectivity index (χ0n) is 17.2. The van der Waals surface area contributed by atoms with Gasteiger partial charge in [0.05, 0.1) is 0 Å². The van der Waals surface area contributed by atoms with E-state index in [1.165, 1.54) is 29.2 Å². The summed E-state index contributed by atoms with van der Waals surface area (Å²) >= 11 is 0. The molecule has 2 aromatic rings. The van der Waals surface area contributed by atoms with Crippen molar-refractivity contribution in [2.75, 3.05) is 13.2 Å². The van der Waals surface area contributed by atoms with Gasteiger partial charge >= 0.3 is 0 Å². The van der Waals surface area contributed by atoms with Gasteiger partial charge in [0.2, 0.25) is 5.91 Å². The number of carbonyl (C=O) groups excluding carboxylic acids is 2. The van der Waals surface area contributed by atoms with Crippen molar-refractivity contribution in [1.29, 1.82) is 0 Å². The van der Waals surface area contributed by atoms with Gasteiger partial charge in [0.15, 0.2) is 6.61 Å². The quantitative estimate of drug-likeness (QED) is 0.663. The molecule has 6 heteroatoms. The van der Waals surface area contributed by atoms with E-state index in [1.54, 1.807) is 6.92 Å². The van der Waals surface area contributed by atoms with Crippen LogP contribution in [-0.2, 0) is 16.0 Å². The van der Waals surface area contributed by atoms with Crippen LogP contribution in [0.2, 0.25) is 0 Å². The van der Waals surface area contributed by atoms with Crippen LogP contribution in [0.4, 0.5) is 4.39 Å². The van der Waals surface area contributed by atoms with Crippen LogP contribution in [0, 0.1) is 5.82 Å². The van der Waals surface area contributed by atoms with E-state index in [0.29, 0.717) is 18.7 Å². The van der Waals surface area contributed by atoms with E-state index in [2.05, 4.69) is 5.32 Å². The lowest BCUT2D eigenvalue weighted by molar-refractivity contribution is -0.141. The van der Waals surface area contributed by atoms with Crippen molar-refractivity contribution in [2.24, 2.45) is 0 Å². The summed E-state index contributed by atoms with van der Waals surface area (Å²) in [6, 6.07) is 14.7. The minimum atomic E-state index is -0.628. The van der Waals surface area contributed by atoms with Crippen molar-refractivity contribution in [1.82, 2.24) is 10.2 Å². The van der Waals surface area contributed by atoms with Gasteiger partial charge in [-0.3, -0.25) is 9.59 Å². The van der Waals surface area contributed by atoms with Gasteiger partial charge in [-0.2, -0.15) is 0 Å². The van der Waals surface area contributed by atoms with Gasteiger partial charge in [-0.05, 0) is 56.5 Å². The average Bonchev–Trinajstić information content (AvgIpc) is 2.73. The number of halogens is 1. The molecular weight excluding hydrogens is 371 g/mol. The highest BCUT2D eigenvalue weighted by Crippen LogP contribution is 2.12. The van der Waals surface area contributed by atoms with Gasteiger partial charge in [-0.1, -0.05) is 37.3 Å². The molecule has 0 radical (unpaired) electrons. The van der Waals surface area contributed by atoms with Crippen molar-refractivity contribution in [3.05, 3.63) is 66.0 Å².